The van der Waals surface area contributed by atoms with Crippen LogP contribution >= 0.6 is 46.4 Å². The van der Waals surface area contributed by atoms with E-state index < -0.39 is 0 Å². The number of fused-ring (bicyclic) bond motifs is 1. The molecule has 2 saturated carbocycles. The third kappa shape index (κ3) is 3.31. The van der Waals surface area contributed by atoms with Gasteiger partial charge < -0.3 is 0 Å². The Kier molecular flexibility index (Phi) is 5.28. The van der Waals surface area contributed by atoms with Crippen LogP contribution in [-0.2, 0) is 0 Å². The zero-order valence-corrected chi connectivity index (χ0v) is 17.2. The molecule has 0 heterocycles. The summed E-state index contributed by atoms with van der Waals surface area (Å²) in [5.74, 6) is -0.203. The highest BCUT2D eigenvalue weighted by Gasteiger charge is 2.58. The molecule has 2 aromatic carbocycles. The summed E-state index contributed by atoms with van der Waals surface area (Å²) in [4.78, 5) is 26.4. The molecule has 2 aliphatic carbocycles. The third-order valence-corrected chi connectivity index (χ3v) is 7.43. The second kappa shape index (κ2) is 7.40. The van der Waals surface area contributed by atoms with E-state index in [1.54, 1.807) is 36.4 Å². The Hall–Kier alpha value is -1.06. The topological polar surface area (TPSA) is 34.1 Å². The third-order valence-electron chi connectivity index (χ3n) is 5.95. The smallest absolute Gasteiger partial charge is 0.167 e. The van der Waals surface area contributed by atoms with Crippen LogP contribution in [-0.4, -0.2) is 11.6 Å². The molecule has 2 nitrogen and oxygen atoms in total. The molecule has 0 unspecified atom stereocenters. The van der Waals surface area contributed by atoms with E-state index in [0.717, 1.165) is 19.3 Å². The molecule has 4 rings (SSSR count). The Bertz CT molecular complexity index is 864. The molecule has 4 atom stereocenters. The van der Waals surface area contributed by atoms with Crippen molar-refractivity contribution in [2.24, 2.45) is 23.7 Å². The molecule has 6 heteroatoms. The van der Waals surface area contributed by atoms with Crippen molar-refractivity contribution in [1.82, 2.24) is 0 Å². The molecule has 27 heavy (non-hydrogen) atoms. The SMILES string of the molecule is O=C(c1ccc(Cl)c(Cl)c1)[C@H]1[C@@H]2CCC[C@@H]2[C@@H]1C(=O)c1ccc(Cl)c(Cl)c1. The fourth-order valence-electron chi connectivity index (χ4n) is 4.70. The second-order valence-corrected chi connectivity index (χ2v) is 8.93. The van der Waals surface area contributed by atoms with Gasteiger partial charge in [0.1, 0.15) is 0 Å². The number of halogens is 4. The molecule has 0 saturated heterocycles. The zero-order chi connectivity index (χ0) is 19.3. The predicted octanol–water partition coefficient (Wildman–Crippen LogP) is 7.03. The molecule has 140 valence electrons. The van der Waals surface area contributed by atoms with E-state index in [9.17, 15) is 9.59 Å². The van der Waals surface area contributed by atoms with Gasteiger partial charge >= 0.3 is 0 Å². The lowest BCUT2D eigenvalue weighted by atomic mass is 9.54. The van der Waals surface area contributed by atoms with Crippen molar-refractivity contribution in [3.8, 4) is 0 Å². The number of carbonyl (C=O) groups is 2. The standard InChI is InChI=1S/C21H16Cl4O2/c22-14-6-4-10(8-16(14)24)20(26)18-12-2-1-3-13(12)19(18)21(27)11-5-7-15(23)17(25)9-11/h4-9,12-13,18-19H,1-3H2/t12-,13+,18-,19-/m0/s1. The second-order valence-electron chi connectivity index (χ2n) is 7.30. The summed E-state index contributed by atoms with van der Waals surface area (Å²) in [6, 6.07) is 9.79. The minimum atomic E-state index is -0.323. The van der Waals surface area contributed by atoms with Crippen molar-refractivity contribution in [2.45, 2.75) is 19.3 Å². The van der Waals surface area contributed by atoms with E-state index in [4.69, 9.17) is 46.4 Å². The Balaban J connectivity index is 1.66. The molecule has 2 aliphatic rings. The van der Waals surface area contributed by atoms with Gasteiger partial charge in [-0.15, -0.1) is 0 Å². The molecule has 0 N–H and O–H groups in total. The summed E-state index contributed by atoms with van der Waals surface area (Å²) < 4.78 is 0. The van der Waals surface area contributed by atoms with Gasteiger partial charge in [-0.25, -0.2) is 0 Å². The van der Waals surface area contributed by atoms with Crippen molar-refractivity contribution in [3.05, 3.63) is 67.6 Å². The summed E-state index contributed by atoms with van der Waals surface area (Å²) in [6.07, 6.45) is 3.01. The first-order valence-corrected chi connectivity index (χ1v) is 10.4. The molecule has 2 fully saturated rings. The Labute approximate surface area is 177 Å². The van der Waals surface area contributed by atoms with Gasteiger partial charge in [0.25, 0.3) is 0 Å². The maximum atomic E-state index is 13.2. The first-order chi connectivity index (χ1) is 12.9. The zero-order valence-electron chi connectivity index (χ0n) is 14.2. The van der Waals surface area contributed by atoms with E-state index in [1.807, 2.05) is 0 Å². The molecule has 2 aromatic rings. The van der Waals surface area contributed by atoms with Crippen LogP contribution in [0.2, 0.25) is 20.1 Å². The van der Waals surface area contributed by atoms with Gasteiger partial charge in [-0.05, 0) is 61.1 Å². The van der Waals surface area contributed by atoms with Crippen molar-refractivity contribution in [1.29, 1.82) is 0 Å². The van der Waals surface area contributed by atoms with Crippen molar-refractivity contribution in [2.75, 3.05) is 0 Å². The van der Waals surface area contributed by atoms with E-state index >= 15 is 0 Å². The van der Waals surface area contributed by atoms with Crippen LogP contribution < -0.4 is 0 Å². The van der Waals surface area contributed by atoms with Crippen LogP contribution in [0, 0.1) is 23.7 Å². The fraction of sp³-hybridized carbons (Fsp3) is 0.333. The van der Waals surface area contributed by atoms with Crippen LogP contribution in [0.5, 0.6) is 0 Å². The molecule has 0 amide bonds. The fourth-order valence-corrected chi connectivity index (χ4v) is 5.29. The lowest BCUT2D eigenvalue weighted by Gasteiger charge is -2.47. The van der Waals surface area contributed by atoms with E-state index in [1.165, 1.54) is 0 Å². The van der Waals surface area contributed by atoms with Crippen molar-refractivity contribution >= 4 is 58.0 Å². The minimum Gasteiger partial charge on any atom is -0.294 e. The molecule has 0 spiro atoms. The van der Waals surface area contributed by atoms with Gasteiger partial charge in [0.05, 0.1) is 20.1 Å². The number of hydrogen-bond acceptors (Lipinski definition) is 2. The van der Waals surface area contributed by atoms with E-state index in [2.05, 4.69) is 0 Å². The average Bonchev–Trinajstić information content (AvgIpc) is 3.02. The molecule has 0 bridgehead atoms. The van der Waals surface area contributed by atoms with Crippen molar-refractivity contribution in [3.63, 3.8) is 0 Å². The molecule has 0 aromatic heterocycles. The quantitative estimate of drug-likeness (QED) is 0.477. The van der Waals surface area contributed by atoms with Gasteiger partial charge in [0, 0.05) is 23.0 Å². The molecule has 0 aliphatic heterocycles. The van der Waals surface area contributed by atoms with Gasteiger partial charge in [-0.3, -0.25) is 9.59 Å². The summed E-state index contributed by atoms with van der Waals surface area (Å²) in [5.41, 5.74) is 1.01. The number of carbonyl (C=O) groups excluding carboxylic acids is 2. The predicted molar refractivity (Wildman–Crippen MR) is 109 cm³/mol. The lowest BCUT2D eigenvalue weighted by molar-refractivity contribution is 0.0130. The maximum Gasteiger partial charge on any atom is 0.167 e. The van der Waals surface area contributed by atoms with Gasteiger partial charge in [0.15, 0.2) is 11.6 Å². The van der Waals surface area contributed by atoms with Gasteiger partial charge in [-0.1, -0.05) is 52.8 Å². The highest BCUT2D eigenvalue weighted by Crippen LogP contribution is 2.57. The molecule has 0 radical (unpaired) electrons. The van der Waals surface area contributed by atoms with Crippen LogP contribution in [0.15, 0.2) is 36.4 Å². The largest absolute Gasteiger partial charge is 0.294 e. The molecular weight excluding hydrogens is 426 g/mol. The highest BCUT2D eigenvalue weighted by molar-refractivity contribution is 6.42. The van der Waals surface area contributed by atoms with Gasteiger partial charge in [-0.2, -0.15) is 0 Å². The summed E-state index contributed by atoms with van der Waals surface area (Å²) in [6.45, 7) is 0. The van der Waals surface area contributed by atoms with Crippen LogP contribution in [0.25, 0.3) is 0 Å². The van der Waals surface area contributed by atoms with Gasteiger partial charge in [0.2, 0.25) is 0 Å². The first-order valence-electron chi connectivity index (χ1n) is 8.87. The summed E-state index contributed by atoms with van der Waals surface area (Å²) in [7, 11) is 0. The summed E-state index contributed by atoms with van der Waals surface area (Å²) in [5, 5.41) is 1.50. The molecular formula is C21H16Cl4O2. The Morgan fingerprint density at radius 2 is 1.07 bits per heavy atom. The average molecular weight is 442 g/mol. The minimum absolute atomic E-state index is 0.0323. The normalized spacial score (nSPS) is 26.4. The Morgan fingerprint density at radius 3 is 1.44 bits per heavy atom. The highest BCUT2D eigenvalue weighted by atomic mass is 35.5. The number of hydrogen-bond donors (Lipinski definition) is 0. The van der Waals surface area contributed by atoms with Crippen LogP contribution in [0.3, 0.4) is 0 Å². The monoisotopic (exact) mass is 440 g/mol. The number of ketones is 2. The van der Waals surface area contributed by atoms with Crippen LogP contribution in [0.1, 0.15) is 40.0 Å². The Morgan fingerprint density at radius 1 is 0.667 bits per heavy atom. The first kappa shape index (κ1) is 19.3. The van der Waals surface area contributed by atoms with Crippen molar-refractivity contribution < 1.29 is 9.59 Å². The maximum absolute atomic E-state index is 13.2. The number of Topliss-reactive ketones (excluding diaryl/α,β-unsaturated/α-hetero) is 2. The summed E-state index contributed by atoms with van der Waals surface area (Å²) >= 11 is 24.1. The lowest BCUT2D eigenvalue weighted by Crippen LogP contribution is -2.51. The van der Waals surface area contributed by atoms with Crippen LogP contribution in [0.4, 0.5) is 0 Å². The number of benzene rings is 2. The van der Waals surface area contributed by atoms with E-state index in [0.29, 0.717) is 31.2 Å². The van der Waals surface area contributed by atoms with E-state index in [-0.39, 0.29) is 35.2 Å². The number of rotatable bonds is 4.